The van der Waals surface area contributed by atoms with Crippen LogP contribution in [-0.2, 0) is 28.0 Å². The molecule has 0 spiro atoms. The van der Waals surface area contributed by atoms with Gasteiger partial charge in [-0.3, -0.25) is 4.79 Å². The maximum absolute atomic E-state index is 12.8. The van der Waals surface area contributed by atoms with E-state index in [2.05, 4.69) is 10.0 Å². The lowest BCUT2D eigenvalue weighted by Gasteiger charge is -2.11. The molecule has 0 unspecified atom stereocenters. The predicted octanol–water partition coefficient (Wildman–Crippen LogP) is 3.86. The molecule has 0 atom stereocenters. The molecule has 0 aliphatic carbocycles. The van der Waals surface area contributed by atoms with E-state index in [9.17, 15) is 13.2 Å². The molecule has 1 aromatic heterocycles. The Kier molecular flexibility index (Phi) is 7.04. The van der Waals surface area contributed by atoms with Gasteiger partial charge in [-0.15, -0.1) is 0 Å². The van der Waals surface area contributed by atoms with Crippen LogP contribution in [0.1, 0.15) is 34.2 Å². The lowest BCUT2D eigenvalue weighted by molar-refractivity contribution is 0.0929. The van der Waals surface area contributed by atoms with Gasteiger partial charge in [-0.25, -0.2) is 13.1 Å². The number of sulfonamides is 1. The van der Waals surface area contributed by atoms with Gasteiger partial charge in [-0.2, -0.15) is 0 Å². The van der Waals surface area contributed by atoms with Crippen LogP contribution in [0.2, 0.25) is 0 Å². The Labute approximate surface area is 176 Å². The van der Waals surface area contributed by atoms with E-state index >= 15 is 0 Å². The molecular weight excluding hydrogens is 404 g/mol. The van der Waals surface area contributed by atoms with Crippen molar-refractivity contribution in [3.8, 4) is 0 Å². The van der Waals surface area contributed by atoms with E-state index in [4.69, 9.17) is 9.15 Å². The maximum atomic E-state index is 12.8. The van der Waals surface area contributed by atoms with E-state index in [1.165, 1.54) is 12.1 Å². The Balaban J connectivity index is 1.70. The monoisotopic (exact) mass is 428 g/mol. The highest BCUT2D eigenvalue weighted by molar-refractivity contribution is 7.89. The molecule has 7 nitrogen and oxygen atoms in total. The molecule has 0 aliphatic rings. The average Bonchev–Trinajstić information content (AvgIpc) is 3.22. The Morgan fingerprint density at radius 1 is 1.07 bits per heavy atom. The molecule has 2 aromatic carbocycles. The summed E-state index contributed by atoms with van der Waals surface area (Å²) in [5, 5.41) is 2.83. The number of furan rings is 1. The van der Waals surface area contributed by atoms with E-state index in [1.807, 2.05) is 24.3 Å². The quantitative estimate of drug-likeness (QED) is 0.539. The third-order valence-corrected chi connectivity index (χ3v) is 5.92. The molecule has 0 saturated carbocycles. The Hall–Kier alpha value is -2.94. The fourth-order valence-electron chi connectivity index (χ4n) is 2.89. The highest BCUT2D eigenvalue weighted by atomic mass is 32.2. The molecule has 30 heavy (non-hydrogen) atoms. The standard InChI is InChI=1S/C22H24N2O5S/c1-3-23-30(26,27)20-10-9-16(2)21(13-20)22(25)24-18-7-4-6-17(12-18)14-28-15-19-8-5-11-29-19/h4-13,23H,3,14-15H2,1-2H3,(H,24,25). The van der Waals surface area contributed by atoms with E-state index < -0.39 is 10.0 Å². The highest BCUT2D eigenvalue weighted by Crippen LogP contribution is 2.19. The zero-order valence-electron chi connectivity index (χ0n) is 16.8. The number of hydrogen-bond donors (Lipinski definition) is 2. The number of carbonyl (C=O) groups is 1. The summed E-state index contributed by atoms with van der Waals surface area (Å²) in [6.45, 7) is 4.45. The summed E-state index contributed by atoms with van der Waals surface area (Å²) in [6, 6.07) is 15.4. The molecule has 0 aliphatic heterocycles. The van der Waals surface area contributed by atoms with Gasteiger partial charge in [0.15, 0.2) is 0 Å². The number of anilines is 1. The third kappa shape index (κ3) is 5.56. The molecule has 0 bridgehead atoms. The molecular formula is C22H24N2O5S. The van der Waals surface area contributed by atoms with Gasteiger partial charge in [0.25, 0.3) is 5.91 Å². The van der Waals surface area contributed by atoms with Crippen molar-refractivity contribution in [3.63, 3.8) is 0 Å². The third-order valence-electron chi connectivity index (χ3n) is 4.38. The van der Waals surface area contributed by atoms with Crippen molar-refractivity contribution < 1.29 is 22.4 Å². The maximum Gasteiger partial charge on any atom is 0.255 e. The Morgan fingerprint density at radius 3 is 2.63 bits per heavy atom. The SMILES string of the molecule is CCNS(=O)(=O)c1ccc(C)c(C(=O)Nc2cccc(COCc3ccco3)c2)c1. The van der Waals surface area contributed by atoms with E-state index in [0.717, 1.165) is 11.3 Å². The van der Waals surface area contributed by atoms with Gasteiger partial charge in [-0.05, 0) is 54.4 Å². The molecule has 1 heterocycles. The predicted molar refractivity (Wildman–Crippen MR) is 114 cm³/mol. The number of hydrogen-bond acceptors (Lipinski definition) is 5. The summed E-state index contributed by atoms with van der Waals surface area (Å²) in [7, 11) is -3.65. The first kappa shape index (κ1) is 21.8. The van der Waals surface area contributed by atoms with Crippen molar-refractivity contribution in [1.29, 1.82) is 0 Å². The normalized spacial score (nSPS) is 11.4. The van der Waals surface area contributed by atoms with E-state index in [-0.39, 0.29) is 17.3 Å². The lowest BCUT2D eigenvalue weighted by Crippen LogP contribution is -2.24. The number of amides is 1. The van der Waals surface area contributed by atoms with Gasteiger partial charge in [0.1, 0.15) is 12.4 Å². The second-order valence-corrected chi connectivity index (χ2v) is 8.47. The second-order valence-electron chi connectivity index (χ2n) is 6.70. The molecule has 0 fully saturated rings. The van der Waals surface area contributed by atoms with Crippen LogP contribution in [0.25, 0.3) is 0 Å². The second kappa shape index (κ2) is 9.71. The summed E-state index contributed by atoms with van der Waals surface area (Å²) in [5.74, 6) is 0.358. The van der Waals surface area contributed by atoms with Crippen LogP contribution in [0, 0.1) is 6.92 Å². The molecule has 8 heteroatoms. The fraction of sp³-hybridized carbons (Fsp3) is 0.227. The summed E-state index contributed by atoms with van der Waals surface area (Å²) in [5.41, 5.74) is 2.47. The number of nitrogens with one attached hydrogen (secondary N) is 2. The summed E-state index contributed by atoms with van der Waals surface area (Å²) in [4.78, 5) is 12.8. The number of benzene rings is 2. The van der Waals surface area contributed by atoms with Crippen LogP contribution in [0.3, 0.4) is 0 Å². The van der Waals surface area contributed by atoms with Crippen LogP contribution in [-0.4, -0.2) is 20.9 Å². The van der Waals surface area contributed by atoms with E-state index in [0.29, 0.717) is 30.0 Å². The average molecular weight is 429 g/mol. The molecule has 0 saturated heterocycles. The molecule has 0 radical (unpaired) electrons. The van der Waals surface area contributed by atoms with Crippen LogP contribution in [0.15, 0.2) is 70.2 Å². The van der Waals surface area contributed by atoms with Crippen molar-refractivity contribution in [2.24, 2.45) is 0 Å². The fourth-order valence-corrected chi connectivity index (χ4v) is 3.95. The van der Waals surface area contributed by atoms with Crippen molar-refractivity contribution in [2.45, 2.75) is 32.0 Å². The Bertz CT molecular complexity index is 1110. The molecule has 3 rings (SSSR count). The molecule has 3 aromatic rings. The molecule has 1 amide bonds. The van der Waals surface area contributed by atoms with Crippen LogP contribution >= 0.6 is 0 Å². The van der Waals surface area contributed by atoms with Crippen molar-refractivity contribution >= 4 is 21.6 Å². The number of rotatable bonds is 9. The smallest absolute Gasteiger partial charge is 0.255 e. The van der Waals surface area contributed by atoms with Gasteiger partial charge in [-0.1, -0.05) is 25.1 Å². The zero-order chi connectivity index (χ0) is 21.6. The minimum atomic E-state index is -3.65. The van der Waals surface area contributed by atoms with Crippen LogP contribution < -0.4 is 10.0 Å². The Morgan fingerprint density at radius 2 is 1.90 bits per heavy atom. The summed E-state index contributed by atoms with van der Waals surface area (Å²) >= 11 is 0. The van der Waals surface area contributed by atoms with Gasteiger partial charge in [0.05, 0.1) is 17.8 Å². The van der Waals surface area contributed by atoms with Gasteiger partial charge < -0.3 is 14.5 Å². The lowest BCUT2D eigenvalue weighted by atomic mass is 10.1. The minimum absolute atomic E-state index is 0.0557. The molecule has 158 valence electrons. The topological polar surface area (TPSA) is 97.6 Å². The van der Waals surface area contributed by atoms with Crippen molar-refractivity contribution in [3.05, 3.63) is 83.3 Å². The highest BCUT2D eigenvalue weighted by Gasteiger charge is 2.17. The first-order valence-corrected chi connectivity index (χ1v) is 11.0. The van der Waals surface area contributed by atoms with Crippen LogP contribution in [0.5, 0.6) is 0 Å². The number of carbonyl (C=O) groups excluding carboxylic acids is 1. The number of aryl methyl sites for hydroxylation is 1. The van der Waals surface area contributed by atoms with Gasteiger partial charge in [0.2, 0.25) is 10.0 Å². The minimum Gasteiger partial charge on any atom is -0.467 e. The summed E-state index contributed by atoms with van der Waals surface area (Å²) < 4.78 is 37.8. The van der Waals surface area contributed by atoms with Crippen molar-refractivity contribution in [1.82, 2.24) is 4.72 Å². The van der Waals surface area contributed by atoms with Crippen molar-refractivity contribution in [2.75, 3.05) is 11.9 Å². The largest absolute Gasteiger partial charge is 0.467 e. The number of ether oxygens (including phenoxy) is 1. The first-order chi connectivity index (χ1) is 14.4. The van der Waals surface area contributed by atoms with Gasteiger partial charge in [0, 0.05) is 17.8 Å². The zero-order valence-corrected chi connectivity index (χ0v) is 17.7. The first-order valence-electron chi connectivity index (χ1n) is 9.50. The van der Waals surface area contributed by atoms with Crippen LogP contribution in [0.4, 0.5) is 5.69 Å². The van der Waals surface area contributed by atoms with E-state index in [1.54, 1.807) is 38.3 Å². The molecule has 2 N–H and O–H groups in total. The van der Waals surface area contributed by atoms with Gasteiger partial charge >= 0.3 is 0 Å². The summed E-state index contributed by atoms with van der Waals surface area (Å²) in [6.07, 6.45) is 1.59.